The molecule has 0 spiro atoms. The first-order valence-electron chi connectivity index (χ1n) is 7.97. The number of nitrogens with one attached hydrogen (secondary N) is 2. The Labute approximate surface area is 159 Å². The van der Waals surface area contributed by atoms with Crippen LogP contribution in [0.2, 0.25) is 0 Å². The number of halogens is 1. The lowest BCUT2D eigenvalue weighted by Gasteiger charge is -2.14. The first kappa shape index (κ1) is 17.9. The Morgan fingerprint density at radius 3 is 2.65 bits per heavy atom. The number of carbonyl (C=O) groups excluding carboxylic acids is 1. The van der Waals surface area contributed by atoms with Crippen LogP contribution in [0.1, 0.15) is 18.5 Å². The number of urea groups is 1. The summed E-state index contributed by atoms with van der Waals surface area (Å²) in [7, 11) is 0. The van der Waals surface area contributed by atoms with Gasteiger partial charge in [-0.2, -0.15) is 0 Å². The second-order valence-electron chi connectivity index (χ2n) is 5.55. The monoisotopic (exact) mass is 412 g/mol. The number of anilines is 1. The van der Waals surface area contributed by atoms with Gasteiger partial charge in [0.15, 0.2) is 0 Å². The van der Waals surface area contributed by atoms with Gasteiger partial charge in [-0.3, -0.25) is 4.98 Å². The molecule has 26 heavy (non-hydrogen) atoms. The Morgan fingerprint density at radius 2 is 1.96 bits per heavy atom. The molecule has 0 bridgehead atoms. The molecule has 7 heteroatoms. The Bertz CT molecular complexity index is 872. The standard InChI is InChI=1S/C19H17BrN4O2/c1-13(14-7-9-21-10-8-14)23-19(25)24-16-5-6-18(22-12-16)26-17-4-2-3-15(20)11-17/h2-13H,1H3,(H2,23,24,25)/t13-/m0/s1. The highest BCUT2D eigenvalue weighted by atomic mass is 79.9. The van der Waals surface area contributed by atoms with Crippen molar-refractivity contribution in [2.75, 3.05) is 5.32 Å². The minimum Gasteiger partial charge on any atom is -0.439 e. The summed E-state index contributed by atoms with van der Waals surface area (Å²) in [4.78, 5) is 20.3. The van der Waals surface area contributed by atoms with E-state index >= 15 is 0 Å². The number of rotatable bonds is 5. The van der Waals surface area contributed by atoms with Gasteiger partial charge in [0.05, 0.1) is 17.9 Å². The van der Waals surface area contributed by atoms with Crippen molar-refractivity contribution in [3.05, 3.63) is 77.2 Å². The number of hydrogen-bond donors (Lipinski definition) is 2. The van der Waals surface area contributed by atoms with E-state index in [2.05, 4.69) is 36.5 Å². The van der Waals surface area contributed by atoms with Gasteiger partial charge in [-0.05, 0) is 48.9 Å². The van der Waals surface area contributed by atoms with Crippen molar-refractivity contribution in [1.82, 2.24) is 15.3 Å². The second-order valence-corrected chi connectivity index (χ2v) is 6.46. The van der Waals surface area contributed by atoms with Gasteiger partial charge < -0.3 is 15.4 Å². The number of nitrogens with zero attached hydrogens (tertiary/aromatic N) is 2. The number of ether oxygens (including phenoxy) is 1. The molecule has 3 rings (SSSR count). The molecule has 6 nitrogen and oxygen atoms in total. The topological polar surface area (TPSA) is 76.1 Å². The molecule has 2 heterocycles. The van der Waals surface area contributed by atoms with Crippen LogP contribution in [0, 0.1) is 0 Å². The van der Waals surface area contributed by atoms with Crippen LogP contribution in [-0.2, 0) is 0 Å². The summed E-state index contributed by atoms with van der Waals surface area (Å²) < 4.78 is 6.59. The van der Waals surface area contributed by atoms with Gasteiger partial charge in [-0.1, -0.05) is 22.0 Å². The fraction of sp³-hybridized carbons (Fsp3) is 0.105. The maximum absolute atomic E-state index is 12.1. The molecule has 0 aliphatic rings. The van der Waals surface area contributed by atoms with E-state index in [4.69, 9.17) is 4.74 Å². The summed E-state index contributed by atoms with van der Waals surface area (Å²) in [6.07, 6.45) is 4.93. The van der Waals surface area contributed by atoms with Crippen LogP contribution in [0.25, 0.3) is 0 Å². The Morgan fingerprint density at radius 1 is 1.15 bits per heavy atom. The van der Waals surface area contributed by atoms with Crippen LogP contribution < -0.4 is 15.4 Å². The maximum Gasteiger partial charge on any atom is 0.319 e. The van der Waals surface area contributed by atoms with E-state index in [1.807, 2.05) is 43.3 Å². The molecule has 2 aromatic heterocycles. The SMILES string of the molecule is C[C@H](NC(=O)Nc1ccc(Oc2cccc(Br)c2)nc1)c1ccncc1. The van der Waals surface area contributed by atoms with Crippen LogP contribution in [0.5, 0.6) is 11.6 Å². The van der Waals surface area contributed by atoms with Crippen LogP contribution in [0.15, 0.2) is 71.6 Å². The largest absolute Gasteiger partial charge is 0.439 e. The van der Waals surface area contributed by atoms with Crippen LogP contribution in [-0.4, -0.2) is 16.0 Å². The number of hydrogen-bond acceptors (Lipinski definition) is 4. The van der Waals surface area contributed by atoms with Crippen molar-refractivity contribution in [2.45, 2.75) is 13.0 Å². The molecule has 0 aliphatic carbocycles. The third-order valence-corrected chi connectivity index (χ3v) is 4.06. The summed E-state index contributed by atoms with van der Waals surface area (Å²) in [6, 6.07) is 14.2. The van der Waals surface area contributed by atoms with Crippen molar-refractivity contribution in [3.8, 4) is 11.6 Å². The highest BCUT2D eigenvalue weighted by molar-refractivity contribution is 9.10. The normalized spacial score (nSPS) is 11.5. The fourth-order valence-electron chi connectivity index (χ4n) is 2.27. The number of aromatic nitrogens is 2. The summed E-state index contributed by atoms with van der Waals surface area (Å²) in [5, 5.41) is 5.61. The molecule has 0 saturated carbocycles. The Balaban J connectivity index is 1.56. The highest BCUT2D eigenvalue weighted by Crippen LogP contribution is 2.23. The molecule has 132 valence electrons. The van der Waals surface area contributed by atoms with Crippen molar-refractivity contribution in [1.29, 1.82) is 0 Å². The molecule has 1 aromatic carbocycles. The van der Waals surface area contributed by atoms with Crippen LogP contribution >= 0.6 is 15.9 Å². The van der Waals surface area contributed by atoms with E-state index in [1.54, 1.807) is 30.7 Å². The first-order chi connectivity index (χ1) is 12.6. The molecule has 0 unspecified atom stereocenters. The average molecular weight is 413 g/mol. The van der Waals surface area contributed by atoms with E-state index in [1.165, 1.54) is 0 Å². The summed E-state index contributed by atoms with van der Waals surface area (Å²) in [5.41, 5.74) is 1.55. The summed E-state index contributed by atoms with van der Waals surface area (Å²) in [5.74, 6) is 1.12. The zero-order valence-corrected chi connectivity index (χ0v) is 15.6. The Kier molecular flexibility index (Phi) is 5.80. The molecule has 0 fully saturated rings. The van der Waals surface area contributed by atoms with E-state index in [0.29, 0.717) is 17.3 Å². The number of carbonyl (C=O) groups is 1. The van der Waals surface area contributed by atoms with Gasteiger partial charge in [-0.25, -0.2) is 9.78 Å². The smallest absolute Gasteiger partial charge is 0.319 e. The van der Waals surface area contributed by atoms with E-state index in [-0.39, 0.29) is 12.1 Å². The Hall–Kier alpha value is -2.93. The van der Waals surface area contributed by atoms with Crippen LogP contribution in [0.4, 0.5) is 10.5 Å². The summed E-state index contributed by atoms with van der Waals surface area (Å²) in [6.45, 7) is 1.90. The fourth-order valence-corrected chi connectivity index (χ4v) is 2.64. The van der Waals surface area contributed by atoms with E-state index in [0.717, 1.165) is 10.0 Å². The third kappa shape index (κ3) is 5.03. The lowest BCUT2D eigenvalue weighted by Crippen LogP contribution is -2.31. The predicted octanol–water partition coefficient (Wildman–Crippen LogP) is 4.91. The van der Waals surface area contributed by atoms with Crippen LogP contribution in [0.3, 0.4) is 0 Å². The molecule has 0 aliphatic heterocycles. The van der Waals surface area contributed by atoms with Gasteiger partial charge in [0.2, 0.25) is 5.88 Å². The van der Waals surface area contributed by atoms with E-state index in [9.17, 15) is 4.79 Å². The second kappa shape index (κ2) is 8.44. The lowest BCUT2D eigenvalue weighted by atomic mass is 10.1. The zero-order valence-electron chi connectivity index (χ0n) is 14.0. The number of pyridine rings is 2. The van der Waals surface area contributed by atoms with Crippen molar-refractivity contribution >= 4 is 27.6 Å². The third-order valence-electron chi connectivity index (χ3n) is 3.57. The summed E-state index contributed by atoms with van der Waals surface area (Å²) >= 11 is 3.39. The van der Waals surface area contributed by atoms with Gasteiger partial charge in [0, 0.05) is 22.9 Å². The quantitative estimate of drug-likeness (QED) is 0.623. The lowest BCUT2D eigenvalue weighted by molar-refractivity contribution is 0.249. The molecule has 0 saturated heterocycles. The predicted molar refractivity (Wildman–Crippen MR) is 103 cm³/mol. The zero-order chi connectivity index (χ0) is 18.4. The molecule has 3 aromatic rings. The first-order valence-corrected chi connectivity index (χ1v) is 8.76. The molecule has 2 amide bonds. The minimum absolute atomic E-state index is 0.134. The number of benzene rings is 1. The molecule has 1 atom stereocenters. The van der Waals surface area contributed by atoms with Crippen molar-refractivity contribution in [2.24, 2.45) is 0 Å². The van der Waals surface area contributed by atoms with Gasteiger partial charge >= 0.3 is 6.03 Å². The molecular formula is C19H17BrN4O2. The van der Waals surface area contributed by atoms with Gasteiger partial charge in [0.25, 0.3) is 0 Å². The van der Waals surface area contributed by atoms with Gasteiger partial charge in [-0.15, -0.1) is 0 Å². The van der Waals surface area contributed by atoms with Crippen molar-refractivity contribution < 1.29 is 9.53 Å². The molecule has 0 radical (unpaired) electrons. The molecule has 2 N–H and O–H groups in total. The molecular weight excluding hydrogens is 396 g/mol. The van der Waals surface area contributed by atoms with Gasteiger partial charge in [0.1, 0.15) is 5.75 Å². The highest BCUT2D eigenvalue weighted by Gasteiger charge is 2.09. The maximum atomic E-state index is 12.1. The average Bonchev–Trinajstić information content (AvgIpc) is 2.64. The number of amides is 2. The van der Waals surface area contributed by atoms with Crippen molar-refractivity contribution in [3.63, 3.8) is 0 Å². The van der Waals surface area contributed by atoms with E-state index < -0.39 is 0 Å². The minimum atomic E-state index is -0.309.